The Balaban J connectivity index is 2.38. The lowest BCUT2D eigenvalue weighted by molar-refractivity contribution is 0.0422. The van der Waals surface area contributed by atoms with Crippen molar-refractivity contribution in [3.8, 4) is 0 Å². The molecule has 3 N–H and O–H groups in total. The van der Waals surface area contributed by atoms with Crippen molar-refractivity contribution in [3.63, 3.8) is 0 Å². The number of hydrazine groups is 1. The van der Waals surface area contributed by atoms with E-state index in [4.69, 9.17) is 5.84 Å². The smallest absolute Gasteiger partial charge is 0.0643 e. The van der Waals surface area contributed by atoms with Crippen LogP contribution in [-0.4, -0.2) is 23.5 Å². The Morgan fingerprint density at radius 3 is 2.48 bits per heavy atom. The molecule has 2 atom stereocenters. The maximum Gasteiger partial charge on any atom is 0.0643 e. The fourth-order valence-electron chi connectivity index (χ4n) is 3.71. The Kier molecular flexibility index (Phi) is 5.42. The van der Waals surface area contributed by atoms with E-state index in [9.17, 15) is 0 Å². The van der Waals surface area contributed by atoms with E-state index in [0.29, 0.717) is 0 Å². The number of nitrogens with two attached hydrogens (primary N) is 1. The highest BCUT2D eigenvalue weighted by atomic mass is 15.3. The molecule has 1 aromatic carbocycles. The summed E-state index contributed by atoms with van der Waals surface area (Å²) in [6, 6.07) is 6.72. The molecule has 2 unspecified atom stereocenters. The highest BCUT2D eigenvalue weighted by Crippen LogP contribution is 2.37. The summed E-state index contributed by atoms with van der Waals surface area (Å²) in [5.41, 5.74) is 7.23. The van der Waals surface area contributed by atoms with Gasteiger partial charge in [0.05, 0.1) is 6.04 Å². The Hall–Kier alpha value is -0.900. The predicted octanol–water partition coefficient (Wildman–Crippen LogP) is 3.46. The molecular formula is C18H31N3. The van der Waals surface area contributed by atoms with Gasteiger partial charge in [-0.2, -0.15) is 0 Å². The van der Waals surface area contributed by atoms with Crippen molar-refractivity contribution in [1.29, 1.82) is 0 Å². The summed E-state index contributed by atoms with van der Waals surface area (Å²) >= 11 is 0. The van der Waals surface area contributed by atoms with Crippen LogP contribution in [-0.2, 0) is 0 Å². The van der Waals surface area contributed by atoms with Gasteiger partial charge < -0.3 is 0 Å². The van der Waals surface area contributed by atoms with Gasteiger partial charge in [0.2, 0.25) is 0 Å². The van der Waals surface area contributed by atoms with E-state index < -0.39 is 0 Å². The minimum Gasteiger partial charge on any atom is -0.296 e. The fourth-order valence-corrected chi connectivity index (χ4v) is 3.71. The van der Waals surface area contributed by atoms with Crippen LogP contribution in [0.5, 0.6) is 0 Å². The summed E-state index contributed by atoms with van der Waals surface area (Å²) in [5, 5.41) is 0. The van der Waals surface area contributed by atoms with Crippen molar-refractivity contribution < 1.29 is 0 Å². The third-order valence-electron chi connectivity index (χ3n) is 5.54. The lowest BCUT2D eigenvalue weighted by atomic mass is 9.80. The largest absolute Gasteiger partial charge is 0.296 e. The molecule has 0 amide bonds. The van der Waals surface area contributed by atoms with Crippen LogP contribution in [0.2, 0.25) is 0 Å². The number of likely N-dealkylation sites (tertiary alicyclic amines) is 1. The average molecular weight is 289 g/mol. The lowest BCUT2D eigenvalue weighted by Crippen LogP contribution is -2.57. The molecule has 1 heterocycles. The Morgan fingerprint density at radius 1 is 1.24 bits per heavy atom. The van der Waals surface area contributed by atoms with Gasteiger partial charge >= 0.3 is 0 Å². The SMILES string of the molecule is CCC(C)(C(NN)c1cccc(C)c1C)N1CCCCC1. The highest BCUT2D eigenvalue weighted by molar-refractivity contribution is 5.37. The first-order chi connectivity index (χ1) is 10.0. The van der Waals surface area contributed by atoms with Crippen LogP contribution in [0.4, 0.5) is 0 Å². The first-order valence-electron chi connectivity index (χ1n) is 8.32. The molecule has 1 saturated heterocycles. The Morgan fingerprint density at radius 2 is 1.90 bits per heavy atom. The maximum absolute atomic E-state index is 6.02. The van der Waals surface area contributed by atoms with E-state index in [0.717, 1.165) is 6.42 Å². The van der Waals surface area contributed by atoms with Crippen molar-refractivity contribution in [1.82, 2.24) is 10.3 Å². The molecule has 1 aliphatic rings. The zero-order valence-corrected chi connectivity index (χ0v) is 14.1. The normalized spacial score (nSPS) is 21.0. The molecular weight excluding hydrogens is 258 g/mol. The van der Waals surface area contributed by atoms with Gasteiger partial charge in [-0.05, 0) is 69.8 Å². The van der Waals surface area contributed by atoms with Crippen LogP contribution < -0.4 is 11.3 Å². The average Bonchev–Trinajstić information content (AvgIpc) is 2.52. The van der Waals surface area contributed by atoms with Gasteiger partial charge in [0.25, 0.3) is 0 Å². The minimum atomic E-state index is 0.0632. The maximum atomic E-state index is 6.02. The molecule has 2 rings (SSSR count). The van der Waals surface area contributed by atoms with Gasteiger partial charge in [0, 0.05) is 5.54 Å². The molecule has 0 aliphatic carbocycles. The second-order valence-electron chi connectivity index (χ2n) is 6.65. The van der Waals surface area contributed by atoms with Crippen molar-refractivity contribution in [2.45, 2.75) is 65.0 Å². The molecule has 0 bridgehead atoms. The molecule has 0 saturated carbocycles. The number of hydrogen-bond acceptors (Lipinski definition) is 3. The molecule has 21 heavy (non-hydrogen) atoms. The molecule has 1 aromatic rings. The van der Waals surface area contributed by atoms with E-state index in [1.165, 1.54) is 49.0 Å². The number of aryl methyl sites for hydroxylation is 1. The quantitative estimate of drug-likeness (QED) is 0.644. The number of rotatable bonds is 5. The molecule has 0 aromatic heterocycles. The number of hydrogen-bond donors (Lipinski definition) is 2. The second-order valence-corrected chi connectivity index (χ2v) is 6.65. The monoisotopic (exact) mass is 289 g/mol. The van der Waals surface area contributed by atoms with Crippen LogP contribution in [0.25, 0.3) is 0 Å². The lowest BCUT2D eigenvalue weighted by Gasteiger charge is -2.48. The van der Waals surface area contributed by atoms with E-state index >= 15 is 0 Å². The number of nitrogens with zero attached hydrogens (tertiary/aromatic N) is 1. The van der Waals surface area contributed by atoms with Gasteiger partial charge in [-0.25, -0.2) is 0 Å². The predicted molar refractivity (Wildman–Crippen MR) is 90.1 cm³/mol. The summed E-state index contributed by atoms with van der Waals surface area (Å²) in [6.45, 7) is 11.4. The van der Waals surface area contributed by atoms with Crippen LogP contribution in [0.1, 0.15) is 62.3 Å². The van der Waals surface area contributed by atoms with Crippen molar-refractivity contribution in [3.05, 3.63) is 34.9 Å². The van der Waals surface area contributed by atoms with Crippen LogP contribution >= 0.6 is 0 Å². The second kappa shape index (κ2) is 6.91. The van der Waals surface area contributed by atoms with Gasteiger partial charge in [-0.1, -0.05) is 31.5 Å². The summed E-state index contributed by atoms with van der Waals surface area (Å²) in [7, 11) is 0. The Labute approximate surface area is 129 Å². The fraction of sp³-hybridized carbons (Fsp3) is 0.667. The Bertz CT molecular complexity index is 466. The number of nitrogens with one attached hydrogen (secondary N) is 1. The van der Waals surface area contributed by atoms with Crippen LogP contribution in [0, 0.1) is 13.8 Å². The van der Waals surface area contributed by atoms with Crippen LogP contribution in [0.15, 0.2) is 18.2 Å². The zero-order chi connectivity index (χ0) is 15.5. The van der Waals surface area contributed by atoms with Crippen molar-refractivity contribution in [2.75, 3.05) is 13.1 Å². The summed E-state index contributed by atoms with van der Waals surface area (Å²) < 4.78 is 0. The van der Waals surface area contributed by atoms with E-state index in [-0.39, 0.29) is 11.6 Å². The van der Waals surface area contributed by atoms with E-state index in [1.54, 1.807) is 0 Å². The van der Waals surface area contributed by atoms with Gasteiger partial charge in [0.15, 0.2) is 0 Å². The first kappa shape index (κ1) is 16.5. The summed E-state index contributed by atoms with van der Waals surface area (Å²) in [5.74, 6) is 6.02. The van der Waals surface area contributed by atoms with Crippen molar-refractivity contribution >= 4 is 0 Å². The standard InChI is InChI=1S/C18H31N3/c1-5-18(4,21-12-7-6-8-13-21)17(20-19)16-11-9-10-14(2)15(16)3/h9-11,17,20H,5-8,12-13,19H2,1-4H3. The van der Waals surface area contributed by atoms with Crippen molar-refractivity contribution in [2.24, 2.45) is 5.84 Å². The van der Waals surface area contributed by atoms with E-state index in [2.05, 4.69) is 56.2 Å². The third-order valence-corrected chi connectivity index (χ3v) is 5.54. The molecule has 0 spiro atoms. The third kappa shape index (κ3) is 3.15. The molecule has 0 radical (unpaired) electrons. The molecule has 1 fully saturated rings. The van der Waals surface area contributed by atoms with Gasteiger partial charge in [-0.15, -0.1) is 0 Å². The topological polar surface area (TPSA) is 41.3 Å². The molecule has 1 aliphatic heterocycles. The van der Waals surface area contributed by atoms with Gasteiger partial charge in [0.1, 0.15) is 0 Å². The number of piperidine rings is 1. The highest BCUT2D eigenvalue weighted by Gasteiger charge is 2.39. The molecule has 3 heteroatoms. The van der Waals surface area contributed by atoms with E-state index in [1.807, 2.05) is 0 Å². The van der Waals surface area contributed by atoms with Crippen LogP contribution in [0.3, 0.4) is 0 Å². The summed E-state index contributed by atoms with van der Waals surface area (Å²) in [4.78, 5) is 2.64. The number of benzene rings is 1. The zero-order valence-electron chi connectivity index (χ0n) is 14.1. The minimum absolute atomic E-state index is 0.0632. The molecule has 118 valence electrons. The summed E-state index contributed by atoms with van der Waals surface area (Å²) in [6.07, 6.45) is 5.06. The van der Waals surface area contributed by atoms with Gasteiger partial charge in [-0.3, -0.25) is 16.2 Å². The molecule has 3 nitrogen and oxygen atoms in total. The first-order valence-corrected chi connectivity index (χ1v) is 8.32.